The number of hydrogen-bond acceptors (Lipinski definition) is 5. The molecule has 0 amide bonds. The van der Waals surface area contributed by atoms with Gasteiger partial charge in [-0.1, -0.05) is 36.4 Å². The van der Waals surface area contributed by atoms with Gasteiger partial charge in [-0.15, -0.1) is 6.58 Å². The number of aromatic nitrogens is 2. The van der Waals surface area contributed by atoms with Gasteiger partial charge in [-0.3, -0.25) is 0 Å². The number of nitrogens with one attached hydrogen (secondary N) is 2. The lowest BCUT2D eigenvalue weighted by Crippen LogP contribution is -2.06. The van der Waals surface area contributed by atoms with Crippen LogP contribution >= 0.6 is 0 Å². The van der Waals surface area contributed by atoms with Crippen molar-refractivity contribution >= 4 is 17.5 Å². The lowest BCUT2D eigenvalue weighted by molar-refractivity contribution is 0.242. The number of hydrogen-bond donors (Lipinski definition) is 2. The van der Waals surface area contributed by atoms with Crippen LogP contribution in [0.4, 0.5) is 17.5 Å². The average Bonchev–Trinajstić information content (AvgIpc) is 2.68. The molecule has 3 rings (SSSR count). The summed E-state index contributed by atoms with van der Waals surface area (Å²) in [7, 11) is 0. The van der Waals surface area contributed by atoms with Crippen molar-refractivity contribution in [1.82, 2.24) is 9.97 Å². The second-order valence-electron chi connectivity index (χ2n) is 6.31. The standard InChI is InChI=1S/C22H24N4O/c1-4-14-23-21-15-20(17-8-6-5-7-9-17)25-22(26-21)24-18-10-12-19(13-11-18)27-16(2)3/h4-13,15-16H,1,14H2,2-3H3,(H2,23,24,25,26). The molecule has 0 bridgehead atoms. The van der Waals surface area contributed by atoms with E-state index < -0.39 is 0 Å². The van der Waals surface area contributed by atoms with Gasteiger partial charge in [-0.25, -0.2) is 4.98 Å². The zero-order valence-corrected chi connectivity index (χ0v) is 15.6. The molecule has 3 aromatic rings. The van der Waals surface area contributed by atoms with Crippen LogP contribution in [0.3, 0.4) is 0 Å². The molecule has 0 aliphatic carbocycles. The van der Waals surface area contributed by atoms with Gasteiger partial charge in [0.2, 0.25) is 5.95 Å². The number of anilines is 3. The third kappa shape index (κ3) is 5.31. The Hall–Kier alpha value is -3.34. The summed E-state index contributed by atoms with van der Waals surface area (Å²) in [5, 5.41) is 6.50. The van der Waals surface area contributed by atoms with Crippen molar-refractivity contribution in [1.29, 1.82) is 0 Å². The highest BCUT2D eigenvalue weighted by Crippen LogP contribution is 2.24. The van der Waals surface area contributed by atoms with Gasteiger partial charge < -0.3 is 15.4 Å². The molecule has 0 aliphatic heterocycles. The Morgan fingerprint density at radius 2 is 1.78 bits per heavy atom. The minimum Gasteiger partial charge on any atom is -0.491 e. The average molecular weight is 360 g/mol. The largest absolute Gasteiger partial charge is 0.491 e. The van der Waals surface area contributed by atoms with Crippen LogP contribution in [0.25, 0.3) is 11.3 Å². The molecule has 5 heteroatoms. The minimum atomic E-state index is 0.146. The Bertz CT molecular complexity index is 877. The summed E-state index contributed by atoms with van der Waals surface area (Å²) in [6, 6.07) is 19.7. The van der Waals surface area contributed by atoms with E-state index in [9.17, 15) is 0 Å². The van der Waals surface area contributed by atoms with Crippen LogP contribution in [-0.4, -0.2) is 22.6 Å². The summed E-state index contributed by atoms with van der Waals surface area (Å²) < 4.78 is 5.68. The van der Waals surface area contributed by atoms with Crippen LogP contribution in [-0.2, 0) is 0 Å². The van der Waals surface area contributed by atoms with Crippen LogP contribution in [0.15, 0.2) is 73.3 Å². The lowest BCUT2D eigenvalue weighted by Gasteiger charge is -2.12. The zero-order valence-electron chi connectivity index (χ0n) is 15.6. The Balaban J connectivity index is 1.86. The Morgan fingerprint density at radius 3 is 2.44 bits per heavy atom. The Morgan fingerprint density at radius 1 is 1.04 bits per heavy atom. The highest BCUT2D eigenvalue weighted by Gasteiger charge is 2.07. The Kier molecular flexibility index (Phi) is 6.05. The Labute approximate surface area is 160 Å². The predicted molar refractivity (Wildman–Crippen MR) is 112 cm³/mol. The van der Waals surface area contributed by atoms with Gasteiger partial charge in [-0.2, -0.15) is 4.98 Å². The SMILES string of the molecule is C=CCNc1cc(-c2ccccc2)nc(Nc2ccc(OC(C)C)cc2)n1. The van der Waals surface area contributed by atoms with Crippen molar-refractivity contribution in [3.05, 3.63) is 73.3 Å². The molecule has 0 unspecified atom stereocenters. The first-order chi connectivity index (χ1) is 13.1. The maximum absolute atomic E-state index is 5.68. The van der Waals surface area contributed by atoms with Crippen molar-refractivity contribution in [2.45, 2.75) is 20.0 Å². The predicted octanol–water partition coefficient (Wildman–Crippen LogP) is 5.27. The van der Waals surface area contributed by atoms with Crippen molar-refractivity contribution in [2.24, 2.45) is 0 Å². The molecule has 2 aromatic carbocycles. The summed E-state index contributed by atoms with van der Waals surface area (Å²) >= 11 is 0. The zero-order chi connectivity index (χ0) is 19.1. The minimum absolute atomic E-state index is 0.146. The van der Waals surface area contributed by atoms with Crippen LogP contribution in [0.2, 0.25) is 0 Å². The van der Waals surface area contributed by atoms with E-state index in [1.165, 1.54) is 0 Å². The van der Waals surface area contributed by atoms with Gasteiger partial charge in [0.1, 0.15) is 11.6 Å². The summed E-state index contributed by atoms with van der Waals surface area (Å²) in [6.07, 6.45) is 1.94. The quantitative estimate of drug-likeness (QED) is 0.536. The second kappa shape index (κ2) is 8.85. The highest BCUT2D eigenvalue weighted by molar-refractivity contribution is 5.66. The molecule has 0 saturated carbocycles. The monoisotopic (exact) mass is 360 g/mol. The van der Waals surface area contributed by atoms with Gasteiger partial charge >= 0.3 is 0 Å². The van der Waals surface area contributed by atoms with Gasteiger partial charge in [0, 0.05) is 23.9 Å². The van der Waals surface area contributed by atoms with Crippen LogP contribution in [0.5, 0.6) is 5.75 Å². The van der Waals surface area contributed by atoms with E-state index in [4.69, 9.17) is 4.74 Å². The molecule has 1 aromatic heterocycles. The smallest absolute Gasteiger partial charge is 0.229 e. The molecular weight excluding hydrogens is 336 g/mol. The number of benzene rings is 2. The highest BCUT2D eigenvalue weighted by atomic mass is 16.5. The van der Waals surface area contributed by atoms with E-state index in [1.807, 2.05) is 74.5 Å². The van der Waals surface area contributed by atoms with Gasteiger partial charge in [0.25, 0.3) is 0 Å². The molecule has 0 spiro atoms. The third-order valence-corrected chi connectivity index (χ3v) is 3.71. The molecule has 0 radical (unpaired) electrons. The molecular formula is C22H24N4O. The van der Waals surface area contributed by atoms with E-state index in [1.54, 1.807) is 6.08 Å². The molecule has 138 valence electrons. The fourth-order valence-corrected chi connectivity index (χ4v) is 2.55. The maximum Gasteiger partial charge on any atom is 0.229 e. The molecule has 1 heterocycles. The molecule has 2 N–H and O–H groups in total. The first-order valence-electron chi connectivity index (χ1n) is 8.97. The van der Waals surface area contributed by atoms with Crippen LogP contribution in [0.1, 0.15) is 13.8 Å². The molecule has 0 fully saturated rings. The topological polar surface area (TPSA) is 59.1 Å². The number of rotatable bonds is 8. The normalized spacial score (nSPS) is 10.5. The van der Waals surface area contributed by atoms with Crippen molar-refractivity contribution in [3.8, 4) is 17.0 Å². The van der Waals surface area contributed by atoms with E-state index in [2.05, 4.69) is 27.2 Å². The van der Waals surface area contributed by atoms with Gasteiger partial charge in [-0.05, 0) is 38.1 Å². The van der Waals surface area contributed by atoms with Crippen molar-refractivity contribution in [2.75, 3.05) is 17.2 Å². The fourth-order valence-electron chi connectivity index (χ4n) is 2.55. The summed E-state index contributed by atoms with van der Waals surface area (Å²) in [4.78, 5) is 9.21. The second-order valence-corrected chi connectivity index (χ2v) is 6.31. The number of nitrogens with zero attached hydrogens (tertiary/aromatic N) is 2. The summed E-state index contributed by atoms with van der Waals surface area (Å²) in [5.74, 6) is 2.11. The van der Waals surface area contributed by atoms with Gasteiger partial charge in [0.15, 0.2) is 0 Å². The van der Waals surface area contributed by atoms with E-state index in [0.717, 1.165) is 28.5 Å². The van der Waals surface area contributed by atoms with Gasteiger partial charge in [0.05, 0.1) is 11.8 Å². The first-order valence-corrected chi connectivity index (χ1v) is 8.97. The summed E-state index contributed by atoms with van der Waals surface area (Å²) in [5.41, 5.74) is 2.77. The van der Waals surface area contributed by atoms with E-state index in [0.29, 0.717) is 12.5 Å². The molecule has 0 saturated heterocycles. The van der Waals surface area contributed by atoms with Crippen molar-refractivity contribution in [3.63, 3.8) is 0 Å². The molecule has 0 atom stereocenters. The fraction of sp³-hybridized carbons (Fsp3) is 0.182. The van der Waals surface area contributed by atoms with Crippen molar-refractivity contribution < 1.29 is 4.74 Å². The van der Waals surface area contributed by atoms with E-state index in [-0.39, 0.29) is 6.10 Å². The first kappa shape index (κ1) is 18.5. The molecule has 5 nitrogen and oxygen atoms in total. The number of ether oxygens (including phenoxy) is 1. The molecule has 27 heavy (non-hydrogen) atoms. The van der Waals surface area contributed by atoms with E-state index >= 15 is 0 Å². The third-order valence-electron chi connectivity index (χ3n) is 3.71. The maximum atomic E-state index is 5.68. The lowest BCUT2D eigenvalue weighted by atomic mass is 10.1. The van der Waals surface area contributed by atoms with Crippen LogP contribution < -0.4 is 15.4 Å². The van der Waals surface area contributed by atoms with Crippen LogP contribution in [0, 0.1) is 0 Å². The molecule has 0 aliphatic rings. The summed E-state index contributed by atoms with van der Waals surface area (Å²) in [6.45, 7) is 8.39.